The van der Waals surface area contributed by atoms with Crippen molar-refractivity contribution in [3.05, 3.63) is 127 Å². The van der Waals surface area contributed by atoms with Crippen LogP contribution >= 0.6 is 0 Å². The van der Waals surface area contributed by atoms with Crippen LogP contribution in [0.2, 0.25) is 0 Å². The zero-order valence-corrected chi connectivity index (χ0v) is 20.1. The summed E-state index contributed by atoms with van der Waals surface area (Å²) in [5, 5.41) is 5.93. The maximum Gasteiger partial charge on any atom is 0.246 e. The molecule has 0 radical (unpaired) electrons. The lowest BCUT2D eigenvalue weighted by molar-refractivity contribution is 1.22. The average molecular weight is 449 g/mol. The van der Waals surface area contributed by atoms with E-state index in [0.29, 0.717) is 0 Å². The SMILES string of the molecule is CN1c2ccccc2B2c3ccccc3[Si](c3ccccc3)(c3ccccc3)c3cccc1c32. The monoisotopic (exact) mass is 449 g/mol. The molecule has 0 unspecified atom stereocenters. The summed E-state index contributed by atoms with van der Waals surface area (Å²) in [6.45, 7) is 0.253. The molecule has 0 atom stereocenters. The van der Waals surface area contributed by atoms with Gasteiger partial charge in [-0.2, -0.15) is 0 Å². The fourth-order valence-corrected chi connectivity index (χ4v) is 11.8. The summed E-state index contributed by atoms with van der Waals surface area (Å²) in [6, 6.07) is 47.7. The number of anilines is 2. The van der Waals surface area contributed by atoms with E-state index in [2.05, 4.69) is 139 Å². The summed E-state index contributed by atoms with van der Waals surface area (Å²) in [4.78, 5) is 2.40. The van der Waals surface area contributed by atoms with Crippen molar-refractivity contribution in [1.29, 1.82) is 0 Å². The Morgan fingerprint density at radius 2 is 1.03 bits per heavy atom. The molecule has 160 valence electrons. The molecule has 5 aromatic rings. The Morgan fingerprint density at radius 3 is 1.74 bits per heavy atom. The van der Waals surface area contributed by atoms with E-state index < -0.39 is 8.07 Å². The highest BCUT2D eigenvalue weighted by Crippen LogP contribution is 2.27. The van der Waals surface area contributed by atoms with E-state index in [4.69, 9.17) is 0 Å². The van der Waals surface area contributed by atoms with Gasteiger partial charge in [-0.15, -0.1) is 0 Å². The van der Waals surface area contributed by atoms with Crippen LogP contribution in [-0.4, -0.2) is 21.8 Å². The molecule has 2 aliphatic heterocycles. The first kappa shape index (κ1) is 19.6. The van der Waals surface area contributed by atoms with Gasteiger partial charge in [0.05, 0.1) is 0 Å². The fourth-order valence-electron chi connectivity index (χ4n) is 6.52. The van der Waals surface area contributed by atoms with Crippen LogP contribution < -0.4 is 42.0 Å². The molecule has 3 heteroatoms. The highest BCUT2D eigenvalue weighted by molar-refractivity contribution is 7.26. The fraction of sp³-hybridized carbons (Fsp3) is 0.0323. The first-order valence-corrected chi connectivity index (χ1v) is 14.0. The third-order valence-electron chi connectivity index (χ3n) is 7.84. The summed E-state index contributed by atoms with van der Waals surface area (Å²) in [5.41, 5.74) is 6.99. The van der Waals surface area contributed by atoms with Crippen molar-refractivity contribution in [2.75, 3.05) is 11.9 Å². The van der Waals surface area contributed by atoms with Crippen molar-refractivity contribution >= 4 is 63.3 Å². The van der Waals surface area contributed by atoms with Gasteiger partial charge >= 0.3 is 0 Å². The molecule has 1 nitrogen and oxygen atoms in total. The first-order valence-electron chi connectivity index (χ1n) is 12.0. The average Bonchev–Trinajstić information content (AvgIpc) is 2.92. The second kappa shape index (κ2) is 7.34. The van der Waals surface area contributed by atoms with E-state index in [1.807, 2.05) is 0 Å². The Morgan fingerprint density at radius 1 is 0.500 bits per heavy atom. The van der Waals surface area contributed by atoms with Gasteiger partial charge in [0.2, 0.25) is 6.71 Å². The highest BCUT2D eigenvalue weighted by atomic mass is 28.3. The maximum absolute atomic E-state index is 2.51. The van der Waals surface area contributed by atoms with Crippen molar-refractivity contribution in [3.63, 3.8) is 0 Å². The molecule has 7 rings (SSSR count). The van der Waals surface area contributed by atoms with Gasteiger partial charge in [-0.3, -0.25) is 0 Å². The molecule has 5 aromatic carbocycles. The Hall–Kier alpha value is -3.82. The lowest BCUT2D eigenvalue weighted by atomic mass is 9.35. The molecule has 0 saturated heterocycles. The molecule has 0 aliphatic carbocycles. The van der Waals surface area contributed by atoms with Crippen LogP contribution in [0.1, 0.15) is 0 Å². The summed E-state index contributed by atoms with van der Waals surface area (Å²) in [7, 11) is -0.288. The third kappa shape index (κ3) is 2.45. The minimum absolute atomic E-state index is 0.253. The van der Waals surface area contributed by atoms with Gasteiger partial charge < -0.3 is 4.90 Å². The van der Waals surface area contributed by atoms with Gasteiger partial charge in [0, 0.05) is 18.4 Å². The third-order valence-corrected chi connectivity index (χ3v) is 12.7. The summed E-state index contributed by atoms with van der Waals surface area (Å²) in [6.07, 6.45) is 0. The number of para-hydroxylation sites is 1. The maximum atomic E-state index is 2.43. The molecule has 0 saturated carbocycles. The van der Waals surface area contributed by atoms with E-state index >= 15 is 0 Å². The van der Waals surface area contributed by atoms with Crippen molar-refractivity contribution in [1.82, 2.24) is 0 Å². The first-order chi connectivity index (χ1) is 16.8. The summed E-state index contributed by atoms with van der Waals surface area (Å²) < 4.78 is 0. The van der Waals surface area contributed by atoms with E-state index in [0.717, 1.165) is 0 Å². The van der Waals surface area contributed by atoms with Gasteiger partial charge in [0.15, 0.2) is 8.07 Å². The molecule has 0 bridgehead atoms. The van der Waals surface area contributed by atoms with Crippen LogP contribution in [0, 0.1) is 0 Å². The topological polar surface area (TPSA) is 3.24 Å². The van der Waals surface area contributed by atoms with Crippen LogP contribution in [0.25, 0.3) is 0 Å². The highest BCUT2D eigenvalue weighted by Gasteiger charge is 2.52. The van der Waals surface area contributed by atoms with Gasteiger partial charge in [0.1, 0.15) is 0 Å². The van der Waals surface area contributed by atoms with Crippen molar-refractivity contribution in [2.45, 2.75) is 0 Å². The molecule has 34 heavy (non-hydrogen) atoms. The molecule has 0 spiro atoms. The van der Waals surface area contributed by atoms with Crippen molar-refractivity contribution in [3.8, 4) is 0 Å². The largest absolute Gasteiger partial charge is 0.345 e. The molecule has 0 aromatic heterocycles. The van der Waals surface area contributed by atoms with E-state index in [1.54, 1.807) is 0 Å². The van der Waals surface area contributed by atoms with Crippen LogP contribution in [0.4, 0.5) is 11.4 Å². The number of rotatable bonds is 2. The molecule has 2 aliphatic rings. The number of nitrogens with zero attached hydrogens (tertiary/aromatic N) is 1. The quantitative estimate of drug-likeness (QED) is 0.366. The van der Waals surface area contributed by atoms with Gasteiger partial charge in [-0.1, -0.05) is 121 Å². The van der Waals surface area contributed by atoms with E-state index in [1.165, 1.54) is 48.5 Å². The van der Waals surface area contributed by atoms with Gasteiger partial charge in [-0.25, -0.2) is 0 Å². The lowest BCUT2D eigenvalue weighted by Crippen LogP contribution is -2.87. The predicted molar refractivity (Wildman–Crippen MR) is 149 cm³/mol. The standard InChI is InChI=1S/C31H24BNSi/c1-33-27-19-10-8-17-25(27)32-26-18-9-11-21-29(26)34(23-13-4-2-5-14-23,24-15-6-3-7-16-24)30-22-12-20-28(33)31(30)32/h2-22H,1H3. The van der Waals surface area contributed by atoms with Crippen LogP contribution in [-0.2, 0) is 0 Å². The van der Waals surface area contributed by atoms with Gasteiger partial charge in [0.25, 0.3) is 0 Å². The van der Waals surface area contributed by atoms with E-state index in [9.17, 15) is 0 Å². The molecular weight excluding hydrogens is 425 g/mol. The zero-order chi connectivity index (χ0) is 22.7. The van der Waals surface area contributed by atoms with Crippen molar-refractivity contribution in [2.24, 2.45) is 0 Å². The lowest BCUT2D eigenvalue weighted by Gasteiger charge is -2.46. The Kier molecular flexibility index (Phi) is 4.24. The normalized spacial score (nSPS) is 14.7. The molecule has 0 fully saturated rings. The smallest absolute Gasteiger partial charge is 0.246 e. The molecular formula is C31H24BNSi. The number of hydrogen-bond donors (Lipinski definition) is 0. The minimum atomic E-state index is -2.51. The zero-order valence-electron chi connectivity index (χ0n) is 19.1. The van der Waals surface area contributed by atoms with Crippen LogP contribution in [0.15, 0.2) is 127 Å². The summed E-state index contributed by atoms with van der Waals surface area (Å²) >= 11 is 0. The number of fused-ring (bicyclic) bond motifs is 4. The second-order valence-electron chi connectivity index (χ2n) is 9.36. The van der Waals surface area contributed by atoms with Crippen LogP contribution in [0.3, 0.4) is 0 Å². The molecule has 0 N–H and O–H groups in total. The minimum Gasteiger partial charge on any atom is -0.345 e. The predicted octanol–water partition coefficient (Wildman–Crippen LogP) is 1.97. The Balaban J connectivity index is 1.69. The second-order valence-corrected chi connectivity index (χ2v) is 13.1. The van der Waals surface area contributed by atoms with Gasteiger partial charge in [-0.05, 0) is 43.8 Å². The van der Waals surface area contributed by atoms with Crippen LogP contribution in [0.5, 0.6) is 0 Å². The van der Waals surface area contributed by atoms with Crippen molar-refractivity contribution < 1.29 is 0 Å². The Labute approximate surface area is 202 Å². The molecule has 0 amide bonds. The molecule has 2 heterocycles. The summed E-state index contributed by atoms with van der Waals surface area (Å²) in [5.74, 6) is 0. The number of benzene rings is 5. The Bertz CT molecular complexity index is 1490. The number of hydrogen-bond acceptors (Lipinski definition) is 1. The van der Waals surface area contributed by atoms with E-state index in [-0.39, 0.29) is 6.71 Å².